The number of quaternary nitrogens is 1. The van der Waals surface area contributed by atoms with E-state index in [0.29, 0.717) is 17.4 Å². The molecule has 9 heteroatoms. The second-order valence-electron chi connectivity index (χ2n) is 24.4. The molecule has 480 valence electrons. The molecule has 83 heavy (non-hydrogen) atoms. The highest BCUT2D eigenvalue weighted by atomic mass is 16.7. The van der Waals surface area contributed by atoms with Crippen LogP contribution in [0.3, 0.4) is 0 Å². The Kier molecular flexibility index (Phi) is 61.7. The van der Waals surface area contributed by atoms with Gasteiger partial charge in [-0.05, 0) is 70.6 Å². The molecule has 0 aliphatic rings. The second kappa shape index (κ2) is 64.5. The molecule has 0 spiro atoms. The van der Waals surface area contributed by atoms with Gasteiger partial charge in [0.2, 0.25) is 0 Å². The first-order chi connectivity index (χ1) is 40.6. The smallest absolute Gasteiger partial charge is 0.306 e. The largest absolute Gasteiger partial charge is 0.545 e. The molecule has 2 unspecified atom stereocenters. The predicted octanol–water partition coefficient (Wildman–Crippen LogP) is 20.1. The second-order valence-corrected chi connectivity index (χ2v) is 24.4. The maximum absolute atomic E-state index is 12.9. The van der Waals surface area contributed by atoms with E-state index in [-0.39, 0.29) is 38.6 Å². The van der Waals surface area contributed by atoms with Crippen molar-refractivity contribution in [2.75, 3.05) is 47.5 Å². The third kappa shape index (κ3) is 65.9. The van der Waals surface area contributed by atoms with Gasteiger partial charge in [-0.3, -0.25) is 9.59 Å². The van der Waals surface area contributed by atoms with Crippen LogP contribution in [0.1, 0.15) is 309 Å². The van der Waals surface area contributed by atoms with Crippen molar-refractivity contribution in [2.24, 2.45) is 0 Å². The van der Waals surface area contributed by atoms with E-state index in [2.05, 4.69) is 98.9 Å². The number of ether oxygens (including phenoxy) is 4. The highest BCUT2D eigenvalue weighted by Crippen LogP contribution is 2.18. The Balaban J connectivity index is 4.13. The number of hydrogen-bond donors (Lipinski definition) is 0. The fourth-order valence-electron chi connectivity index (χ4n) is 9.87. The van der Waals surface area contributed by atoms with Gasteiger partial charge in [0.15, 0.2) is 12.4 Å². The van der Waals surface area contributed by atoms with Crippen molar-refractivity contribution >= 4 is 17.9 Å². The van der Waals surface area contributed by atoms with Gasteiger partial charge < -0.3 is 33.3 Å². The molecule has 0 aromatic heterocycles. The van der Waals surface area contributed by atoms with Crippen molar-refractivity contribution in [2.45, 2.75) is 322 Å². The van der Waals surface area contributed by atoms with E-state index < -0.39 is 24.3 Å². The first-order valence-electron chi connectivity index (χ1n) is 34.7. The van der Waals surface area contributed by atoms with E-state index in [0.717, 1.165) is 83.5 Å². The molecule has 0 saturated heterocycles. The summed E-state index contributed by atoms with van der Waals surface area (Å²) < 4.78 is 22.7. The van der Waals surface area contributed by atoms with E-state index in [4.69, 9.17) is 18.9 Å². The molecule has 2 atom stereocenters. The predicted molar refractivity (Wildman–Crippen MR) is 352 cm³/mol. The minimum absolute atomic E-state index is 0.138. The summed E-state index contributed by atoms with van der Waals surface area (Å²) in [6, 6.07) is 0. The molecule has 0 N–H and O–H groups in total. The van der Waals surface area contributed by atoms with Crippen LogP contribution >= 0.6 is 0 Å². The zero-order valence-electron chi connectivity index (χ0n) is 54.8. The lowest BCUT2D eigenvalue weighted by Gasteiger charge is -2.26. The number of allylic oxidation sites excluding steroid dienone is 14. The van der Waals surface area contributed by atoms with Crippen LogP contribution in [-0.4, -0.2) is 82.3 Å². The van der Waals surface area contributed by atoms with Gasteiger partial charge in [0.05, 0.1) is 40.3 Å². The van der Waals surface area contributed by atoms with Crippen LogP contribution in [0.15, 0.2) is 85.1 Å². The van der Waals surface area contributed by atoms with Gasteiger partial charge in [-0.25, -0.2) is 0 Å². The Morgan fingerprint density at radius 1 is 0.373 bits per heavy atom. The summed E-state index contributed by atoms with van der Waals surface area (Å²) in [5.41, 5.74) is 0. The van der Waals surface area contributed by atoms with Crippen molar-refractivity contribution in [1.29, 1.82) is 0 Å². The van der Waals surface area contributed by atoms with E-state index in [1.165, 1.54) is 193 Å². The number of aliphatic carboxylic acids is 1. The van der Waals surface area contributed by atoms with E-state index in [9.17, 15) is 19.5 Å². The summed E-state index contributed by atoms with van der Waals surface area (Å²) in [5, 5.41) is 11.8. The fourth-order valence-corrected chi connectivity index (χ4v) is 9.87. The molecule has 0 radical (unpaired) electrons. The van der Waals surface area contributed by atoms with Crippen molar-refractivity contribution < 1.29 is 42.9 Å². The van der Waals surface area contributed by atoms with Gasteiger partial charge >= 0.3 is 11.9 Å². The zero-order valence-corrected chi connectivity index (χ0v) is 54.8. The van der Waals surface area contributed by atoms with Crippen molar-refractivity contribution in [3.63, 3.8) is 0 Å². The van der Waals surface area contributed by atoms with Gasteiger partial charge in [0.25, 0.3) is 0 Å². The molecule has 0 amide bonds. The number of carboxylic acids is 1. The number of unbranched alkanes of at least 4 members (excludes halogenated alkanes) is 35. The molecule has 0 aliphatic carbocycles. The van der Waals surface area contributed by atoms with Gasteiger partial charge in [-0.2, -0.15) is 0 Å². The highest BCUT2D eigenvalue weighted by molar-refractivity contribution is 5.70. The van der Waals surface area contributed by atoms with Crippen LogP contribution in [0.5, 0.6) is 0 Å². The van der Waals surface area contributed by atoms with Crippen molar-refractivity contribution in [3.05, 3.63) is 85.1 Å². The third-order valence-electron chi connectivity index (χ3n) is 15.2. The van der Waals surface area contributed by atoms with Gasteiger partial charge in [0.1, 0.15) is 13.2 Å². The summed E-state index contributed by atoms with van der Waals surface area (Å²) in [6.07, 6.45) is 83.9. The molecule has 0 aliphatic heterocycles. The Labute approximate surface area is 512 Å². The number of hydrogen-bond acceptors (Lipinski definition) is 8. The first kappa shape index (κ1) is 79.5. The SMILES string of the molecule is CC/C=C\C/C=C\C/C=C\C/C=C\C/C=C\C/C=C\C/C=C\CCCCCC(=O)OC(COC(=O)CCCCCCCCCCCCCCCCCCCCCCCCCCCCCCCCCCC)COC(OCC[N+](C)(C)C)C(=O)[O-]. The lowest BCUT2D eigenvalue weighted by molar-refractivity contribution is -0.870. The first-order valence-corrected chi connectivity index (χ1v) is 34.7. The molecule has 0 bridgehead atoms. The number of carbonyl (C=O) groups is 3. The average Bonchev–Trinajstić information content (AvgIpc) is 3.46. The molecular weight excluding hydrogens is 1030 g/mol. The molecule has 0 saturated carbocycles. The minimum Gasteiger partial charge on any atom is -0.545 e. The summed E-state index contributed by atoms with van der Waals surface area (Å²) >= 11 is 0. The number of rotatable bonds is 64. The summed E-state index contributed by atoms with van der Waals surface area (Å²) in [7, 11) is 5.92. The van der Waals surface area contributed by atoms with E-state index in [1.807, 2.05) is 21.1 Å². The molecule has 0 aromatic rings. The maximum atomic E-state index is 12.9. The Morgan fingerprint density at radius 3 is 1.02 bits per heavy atom. The van der Waals surface area contributed by atoms with Crippen molar-refractivity contribution in [1.82, 2.24) is 0 Å². The molecule has 0 heterocycles. The standard InChI is InChI=1S/C74H131NO8/c1-6-8-10-12-14-16-18-20-22-24-26-28-30-32-33-34-35-36-37-38-39-41-42-44-46-48-50-52-54-56-58-60-62-64-71(76)81-68-70(69-82-74(73(78)79)80-67-66-75(3,4)5)83-72(77)65-63-61-59-57-55-53-51-49-47-45-43-40-31-29-27-25-23-21-19-17-15-13-11-9-7-2/h9,11,15,17,21,23,27,29,40,43,47,49,53,55,70,74H,6-8,10,12-14,16,18-20,22,24-26,28,30-39,41-42,44-46,48,50-52,54,56-69H2,1-5H3/b11-9-,17-15-,23-21-,29-27-,43-40-,49-47-,55-53-. The quantitative estimate of drug-likeness (QED) is 0.0195. The molecule has 9 nitrogen and oxygen atoms in total. The number of nitrogens with zero attached hydrogens (tertiary/aromatic N) is 1. The molecule has 0 fully saturated rings. The normalized spacial score (nSPS) is 13.2. The van der Waals surface area contributed by atoms with Crippen LogP contribution < -0.4 is 5.11 Å². The third-order valence-corrected chi connectivity index (χ3v) is 15.2. The summed E-state index contributed by atoms with van der Waals surface area (Å²) in [6.45, 7) is 4.63. The number of carbonyl (C=O) groups excluding carboxylic acids is 3. The van der Waals surface area contributed by atoms with Gasteiger partial charge in [-0.1, -0.05) is 311 Å². The molecular formula is C74H131NO8. The Morgan fingerprint density at radius 2 is 0.687 bits per heavy atom. The summed E-state index contributed by atoms with van der Waals surface area (Å²) in [4.78, 5) is 37.4. The summed E-state index contributed by atoms with van der Waals surface area (Å²) in [5.74, 6) is -2.32. The lowest BCUT2D eigenvalue weighted by atomic mass is 10.0. The van der Waals surface area contributed by atoms with Crippen LogP contribution in [0.2, 0.25) is 0 Å². The fraction of sp³-hybridized carbons (Fsp3) is 0.770. The maximum Gasteiger partial charge on any atom is 0.306 e. The van der Waals surface area contributed by atoms with E-state index >= 15 is 0 Å². The highest BCUT2D eigenvalue weighted by Gasteiger charge is 2.22. The topological polar surface area (TPSA) is 111 Å². The van der Waals surface area contributed by atoms with Crippen molar-refractivity contribution in [3.8, 4) is 0 Å². The molecule has 0 aromatic carbocycles. The van der Waals surface area contributed by atoms with Gasteiger partial charge in [0, 0.05) is 12.8 Å². The monoisotopic (exact) mass is 1160 g/mol. The van der Waals surface area contributed by atoms with Crippen LogP contribution in [0.25, 0.3) is 0 Å². The Bertz CT molecular complexity index is 1640. The van der Waals surface area contributed by atoms with E-state index in [1.54, 1.807) is 0 Å². The number of carboxylic acid groups (broad SMARTS) is 1. The Hall–Kier alpha value is -3.53. The average molecular weight is 1160 g/mol. The lowest BCUT2D eigenvalue weighted by Crippen LogP contribution is -2.44. The minimum atomic E-state index is -1.64. The number of likely N-dealkylation sites (N-methyl/N-ethyl adjacent to an activating group) is 1. The molecule has 0 rings (SSSR count). The van der Waals surface area contributed by atoms with Crippen LogP contribution in [0.4, 0.5) is 0 Å². The van der Waals surface area contributed by atoms with Gasteiger partial charge in [-0.15, -0.1) is 0 Å². The zero-order chi connectivity index (χ0) is 60.5. The van der Waals surface area contributed by atoms with Crippen LogP contribution in [0, 0.1) is 0 Å². The number of esters is 2. The van der Waals surface area contributed by atoms with Crippen LogP contribution in [-0.2, 0) is 33.3 Å².